The summed E-state index contributed by atoms with van der Waals surface area (Å²) in [4.78, 5) is 25.0. The van der Waals surface area contributed by atoms with Gasteiger partial charge in [0.1, 0.15) is 11.9 Å². The fraction of sp³-hybridized carbons (Fsp3) is 0.150. The van der Waals surface area contributed by atoms with Gasteiger partial charge in [-0.3, -0.25) is 9.59 Å². The number of fused-ring (bicyclic) bond motifs is 1. The van der Waals surface area contributed by atoms with Crippen molar-refractivity contribution < 1.29 is 9.59 Å². The Labute approximate surface area is 171 Å². The molecule has 28 heavy (non-hydrogen) atoms. The van der Waals surface area contributed by atoms with E-state index >= 15 is 0 Å². The summed E-state index contributed by atoms with van der Waals surface area (Å²) in [7, 11) is 0. The minimum atomic E-state index is -0.732. The average Bonchev–Trinajstić information content (AvgIpc) is 3.13. The van der Waals surface area contributed by atoms with Gasteiger partial charge in [0, 0.05) is 10.6 Å². The molecule has 0 fully saturated rings. The van der Waals surface area contributed by atoms with E-state index < -0.39 is 6.04 Å². The zero-order chi connectivity index (χ0) is 19.8. The van der Waals surface area contributed by atoms with Crippen molar-refractivity contribution in [1.82, 2.24) is 9.78 Å². The Morgan fingerprint density at radius 1 is 1.21 bits per heavy atom. The third kappa shape index (κ3) is 3.37. The first kappa shape index (κ1) is 18.5. The summed E-state index contributed by atoms with van der Waals surface area (Å²) in [5.41, 5.74) is 3.00. The summed E-state index contributed by atoms with van der Waals surface area (Å²) in [5, 5.41) is 10.9. The van der Waals surface area contributed by atoms with Crippen molar-refractivity contribution in [1.29, 1.82) is 0 Å². The fourth-order valence-corrected chi connectivity index (χ4v) is 3.64. The van der Waals surface area contributed by atoms with Crippen LogP contribution in [0.15, 0.2) is 48.5 Å². The number of halogens is 2. The minimum Gasteiger partial charge on any atom is -0.325 e. The lowest BCUT2D eigenvalue weighted by molar-refractivity contribution is -0.123. The van der Waals surface area contributed by atoms with Gasteiger partial charge in [0.05, 0.1) is 22.8 Å². The molecule has 0 spiro atoms. The molecule has 2 aromatic carbocycles. The van der Waals surface area contributed by atoms with Crippen molar-refractivity contribution in [2.24, 2.45) is 0 Å². The van der Waals surface area contributed by atoms with E-state index in [4.69, 9.17) is 23.2 Å². The third-order valence-corrected chi connectivity index (χ3v) is 5.13. The number of benzene rings is 2. The predicted molar refractivity (Wildman–Crippen MR) is 110 cm³/mol. The molecule has 3 aromatic rings. The molecule has 1 atom stereocenters. The number of anilines is 2. The quantitative estimate of drug-likeness (QED) is 0.649. The van der Waals surface area contributed by atoms with Crippen LogP contribution in [0.5, 0.6) is 0 Å². The van der Waals surface area contributed by atoms with Crippen LogP contribution in [0.3, 0.4) is 0 Å². The van der Waals surface area contributed by atoms with E-state index in [2.05, 4.69) is 15.7 Å². The highest BCUT2D eigenvalue weighted by Crippen LogP contribution is 2.38. The van der Waals surface area contributed by atoms with Gasteiger partial charge in [-0.2, -0.15) is 5.10 Å². The zero-order valence-electron chi connectivity index (χ0n) is 14.9. The second-order valence-electron chi connectivity index (χ2n) is 6.50. The lowest BCUT2D eigenvalue weighted by atomic mass is 10.1. The number of nitrogens with zero attached hydrogens (tertiary/aromatic N) is 2. The van der Waals surface area contributed by atoms with Crippen LogP contribution in [-0.2, 0) is 9.59 Å². The second-order valence-corrected chi connectivity index (χ2v) is 7.34. The summed E-state index contributed by atoms with van der Waals surface area (Å²) in [6.07, 6.45) is -0.0724. The highest BCUT2D eigenvalue weighted by Gasteiger charge is 2.36. The summed E-state index contributed by atoms with van der Waals surface area (Å²) >= 11 is 12.0. The van der Waals surface area contributed by atoms with Crippen LogP contribution in [0.2, 0.25) is 10.0 Å². The predicted octanol–water partition coefficient (Wildman–Crippen LogP) is 4.69. The molecule has 2 heterocycles. The maximum Gasteiger partial charge on any atom is 0.251 e. The number of amides is 2. The van der Waals surface area contributed by atoms with Gasteiger partial charge in [-0.05, 0) is 30.7 Å². The highest BCUT2D eigenvalue weighted by molar-refractivity contribution is 6.35. The molecule has 0 radical (unpaired) electrons. The van der Waals surface area contributed by atoms with Gasteiger partial charge in [0.2, 0.25) is 5.91 Å². The smallest absolute Gasteiger partial charge is 0.251 e. The number of carbonyl (C=O) groups is 2. The molecular weight excluding hydrogens is 399 g/mol. The molecule has 4 rings (SSSR count). The molecule has 1 unspecified atom stereocenters. The Bertz CT molecular complexity index is 1080. The van der Waals surface area contributed by atoms with E-state index in [1.54, 1.807) is 22.9 Å². The molecule has 1 aliphatic rings. The summed E-state index contributed by atoms with van der Waals surface area (Å²) in [6.45, 7) is 1.88. The van der Waals surface area contributed by atoms with Gasteiger partial charge in [0.15, 0.2) is 0 Å². The van der Waals surface area contributed by atoms with Gasteiger partial charge >= 0.3 is 0 Å². The number of rotatable bonds is 4. The SMILES string of the molecule is Cc1nn2c(c1-c1ccccc1)NC(=O)C2CC(=O)Nc1cc(Cl)ccc1Cl. The first-order chi connectivity index (χ1) is 13.4. The van der Waals surface area contributed by atoms with Crippen LogP contribution in [0, 0.1) is 6.92 Å². The third-order valence-electron chi connectivity index (χ3n) is 4.57. The molecular formula is C20H16Cl2N4O2. The minimum absolute atomic E-state index is 0.0724. The molecule has 6 nitrogen and oxygen atoms in total. The monoisotopic (exact) mass is 414 g/mol. The summed E-state index contributed by atoms with van der Waals surface area (Å²) in [5.74, 6) is -0.0223. The zero-order valence-corrected chi connectivity index (χ0v) is 16.4. The van der Waals surface area contributed by atoms with E-state index in [-0.39, 0.29) is 18.2 Å². The largest absolute Gasteiger partial charge is 0.325 e. The lowest BCUT2D eigenvalue weighted by Crippen LogP contribution is -2.23. The Morgan fingerprint density at radius 2 is 1.96 bits per heavy atom. The van der Waals surface area contributed by atoms with Crippen molar-refractivity contribution in [3.8, 4) is 11.1 Å². The number of hydrogen-bond donors (Lipinski definition) is 2. The second kappa shape index (κ2) is 7.30. The van der Waals surface area contributed by atoms with Crippen LogP contribution < -0.4 is 10.6 Å². The molecule has 8 heteroatoms. The van der Waals surface area contributed by atoms with E-state index in [0.717, 1.165) is 16.8 Å². The van der Waals surface area contributed by atoms with Gasteiger partial charge in [-0.25, -0.2) is 4.68 Å². The lowest BCUT2D eigenvalue weighted by Gasteiger charge is -2.11. The van der Waals surface area contributed by atoms with E-state index in [1.807, 2.05) is 37.3 Å². The van der Waals surface area contributed by atoms with Crippen molar-refractivity contribution in [2.45, 2.75) is 19.4 Å². The summed E-state index contributed by atoms with van der Waals surface area (Å²) < 4.78 is 1.58. The molecule has 2 N–H and O–H groups in total. The van der Waals surface area contributed by atoms with E-state index in [9.17, 15) is 9.59 Å². The average molecular weight is 415 g/mol. The Kier molecular flexibility index (Phi) is 4.83. The molecule has 0 saturated heterocycles. The Morgan fingerprint density at radius 3 is 2.71 bits per heavy atom. The van der Waals surface area contributed by atoms with Gasteiger partial charge in [0.25, 0.3) is 5.91 Å². The molecule has 0 aliphatic carbocycles. The van der Waals surface area contributed by atoms with Crippen LogP contribution >= 0.6 is 23.2 Å². The topological polar surface area (TPSA) is 76.0 Å². The highest BCUT2D eigenvalue weighted by atomic mass is 35.5. The maximum atomic E-state index is 12.5. The van der Waals surface area contributed by atoms with Crippen molar-refractivity contribution in [3.63, 3.8) is 0 Å². The van der Waals surface area contributed by atoms with Crippen LogP contribution in [-0.4, -0.2) is 21.6 Å². The molecule has 0 saturated carbocycles. The van der Waals surface area contributed by atoms with Crippen LogP contribution in [0.25, 0.3) is 11.1 Å². The number of aryl methyl sites for hydroxylation is 1. The standard InChI is InChI=1S/C20H16Cl2N4O2/c1-11-18(12-5-3-2-4-6-12)19-24-20(28)16(26(19)25-11)10-17(27)23-15-9-13(21)7-8-14(15)22/h2-9,16H,10H2,1H3,(H,23,27)(H,24,28). The van der Waals surface area contributed by atoms with Gasteiger partial charge in [-0.15, -0.1) is 0 Å². The van der Waals surface area contributed by atoms with E-state index in [1.165, 1.54) is 0 Å². The van der Waals surface area contributed by atoms with E-state index in [0.29, 0.717) is 21.6 Å². The van der Waals surface area contributed by atoms with Gasteiger partial charge < -0.3 is 10.6 Å². The maximum absolute atomic E-state index is 12.5. The first-order valence-corrected chi connectivity index (χ1v) is 9.40. The van der Waals surface area contributed by atoms with Crippen molar-refractivity contribution in [3.05, 3.63) is 64.3 Å². The summed E-state index contributed by atoms with van der Waals surface area (Å²) in [6, 6.07) is 13.8. The molecule has 1 aliphatic heterocycles. The molecule has 1 aromatic heterocycles. The number of carbonyl (C=O) groups excluding carboxylic acids is 2. The molecule has 0 bridgehead atoms. The first-order valence-electron chi connectivity index (χ1n) is 8.64. The van der Waals surface area contributed by atoms with Crippen molar-refractivity contribution >= 4 is 46.5 Å². The molecule has 142 valence electrons. The van der Waals surface area contributed by atoms with Crippen LogP contribution in [0.1, 0.15) is 18.2 Å². The number of hydrogen-bond acceptors (Lipinski definition) is 3. The van der Waals surface area contributed by atoms with Crippen LogP contribution in [0.4, 0.5) is 11.5 Å². The Balaban J connectivity index is 1.59. The van der Waals surface area contributed by atoms with Crippen molar-refractivity contribution in [2.75, 3.05) is 10.6 Å². The number of aromatic nitrogens is 2. The van der Waals surface area contributed by atoms with Gasteiger partial charge in [-0.1, -0.05) is 53.5 Å². The fourth-order valence-electron chi connectivity index (χ4n) is 3.30. The normalized spacial score (nSPS) is 15.2. The number of nitrogens with one attached hydrogen (secondary N) is 2. The Hall–Kier alpha value is -2.83. The molecule has 2 amide bonds.